The fourth-order valence-corrected chi connectivity index (χ4v) is 3.28. The number of rotatable bonds is 4. The van der Waals surface area contributed by atoms with Gasteiger partial charge in [-0.2, -0.15) is 0 Å². The van der Waals surface area contributed by atoms with E-state index in [1.54, 1.807) is 11.1 Å². The van der Waals surface area contributed by atoms with Crippen molar-refractivity contribution < 1.29 is 4.79 Å². The Hall–Kier alpha value is -2.36. The number of anilines is 1. The molecule has 1 aliphatic rings. The van der Waals surface area contributed by atoms with Crippen molar-refractivity contribution in [2.75, 3.05) is 25.0 Å². The molecule has 126 valence electrons. The minimum Gasteiger partial charge on any atom is -0.371 e. The molecule has 1 fully saturated rings. The molecule has 3 rings (SSSR count). The van der Waals surface area contributed by atoms with Crippen molar-refractivity contribution in [2.24, 2.45) is 5.92 Å². The maximum absolute atomic E-state index is 12.7. The highest BCUT2D eigenvalue weighted by atomic mass is 16.2. The highest BCUT2D eigenvalue weighted by Crippen LogP contribution is 2.23. The van der Waals surface area contributed by atoms with Crippen molar-refractivity contribution in [2.45, 2.75) is 26.3 Å². The van der Waals surface area contributed by atoms with Gasteiger partial charge in [0.1, 0.15) is 5.69 Å². The summed E-state index contributed by atoms with van der Waals surface area (Å²) in [6, 6.07) is 14.0. The van der Waals surface area contributed by atoms with Gasteiger partial charge in [-0.25, -0.2) is 0 Å². The summed E-state index contributed by atoms with van der Waals surface area (Å²) < 4.78 is 0. The fourth-order valence-electron chi connectivity index (χ4n) is 3.28. The van der Waals surface area contributed by atoms with Gasteiger partial charge in [-0.05, 0) is 36.5 Å². The van der Waals surface area contributed by atoms with Crippen molar-refractivity contribution in [3.63, 3.8) is 0 Å². The second-order valence-electron chi connectivity index (χ2n) is 6.74. The highest BCUT2D eigenvalue weighted by molar-refractivity contribution is 5.93. The number of aromatic nitrogens is 1. The lowest BCUT2D eigenvalue weighted by molar-refractivity contribution is 0.0779. The Labute approximate surface area is 144 Å². The van der Waals surface area contributed by atoms with Gasteiger partial charge >= 0.3 is 0 Å². The molecule has 4 nitrogen and oxygen atoms in total. The molecule has 1 aliphatic heterocycles. The van der Waals surface area contributed by atoms with Crippen LogP contribution in [-0.2, 0) is 6.54 Å². The molecule has 1 saturated heterocycles. The number of carbonyl (C=O) groups excluding carboxylic acids is 1. The van der Waals surface area contributed by atoms with Gasteiger partial charge in [0.15, 0.2) is 0 Å². The molecular formula is C20H25N3O. The SMILES string of the molecule is CC1CCCN(c2ccnc(C(=O)N(C)Cc3ccccc3)c2)C1. The summed E-state index contributed by atoms with van der Waals surface area (Å²) in [7, 11) is 1.83. The molecule has 0 aliphatic carbocycles. The summed E-state index contributed by atoms with van der Waals surface area (Å²) in [6.45, 7) is 4.98. The van der Waals surface area contributed by atoms with Crippen LogP contribution in [0.4, 0.5) is 5.69 Å². The van der Waals surface area contributed by atoms with Crippen molar-refractivity contribution in [1.29, 1.82) is 0 Å². The highest BCUT2D eigenvalue weighted by Gasteiger charge is 2.19. The number of amides is 1. The van der Waals surface area contributed by atoms with Crippen LogP contribution in [0.3, 0.4) is 0 Å². The number of piperidine rings is 1. The zero-order valence-corrected chi connectivity index (χ0v) is 14.5. The Bertz CT molecular complexity index is 686. The number of hydrogen-bond donors (Lipinski definition) is 0. The van der Waals surface area contributed by atoms with Crippen LogP contribution in [0.5, 0.6) is 0 Å². The second kappa shape index (κ2) is 7.47. The number of hydrogen-bond acceptors (Lipinski definition) is 3. The van der Waals surface area contributed by atoms with E-state index in [0.717, 1.165) is 24.3 Å². The Balaban J connectivity index is 1.72. The van der Waals surface area contributed by atoms with Gasteiger partial charge < -0.3 is 9.80 Å². The van der Waals surface area contributed by atoms with E-state index in [-0.39, 0.29) is 5.91 Å². The summed E-state index contributed by atoms with van der Waals surface area (Å²) in [5.74, 6) is 0.664. The lowest BCUT2D eigenvalue weighted by Crippen LogP contribution is -2.34. The van der Waals surface area contributed by atoms with Crippen LogP contribution in [0.2, 0.25) is 0 Å². The second-order valence-corrected chi connectivity index (χ2v) is 6.74. The molecule has 0 N–H and O–H groups in total. The molecule has 0 saturated carbocycles. The topological polar surface area (TPSA) is 36.4 Å². The van der Waals surface area contributed by atoms with Crippen LogP contribution in [0, 0.1) is 5.92 Å². The smallest absolute Gasteiger partial charge is 0.272 e. The van der Waals surface area contributed by atoms with E-state index in [0.29, 0.717) is 18.2 Å². The van der Waals surface area contributed by atoms with Gasteiger partial charge in [0.2, 0.25) is 0 Å². The standard InChI is InChI=1S/C20H25N3O/c1-16-7-6-12-23(14-16)18-10-11-21-19(13-18)20(24)22(2)15-17-8-4-3-5-9-17/h3-5,8-11,13,16H,6-7,12,14-15H2,1-2H3. The lowest BCUT2D eigenvalue weighted by atomic mass is 10.00. The molecule has 1 amide bonds. The normalized spacial score (nSPS) is 17.6. The quantitative estimate of drug-likeness (QED) is 0.863. The first-order valence-electron chi connectivity index (χ1n) is 8.64. The first-order valence-corrected chi connectivity index (χ1v) is 8.64. The molecule has 0 radical (unpaired) electrons. The average Bonchev–Trinajstić information content (AvgIpc) is 2.62. The number of pyridine rings is 1. The fraction of sp³-hybridized carbons (Fsp3) is 0.400. The number of nitrogens with zero attached hydrogens (tertiary/aromatic N) is 3. The molecule has 1 aromatic heterocycles. The molecule has 0 spiro atoms. The van der Waals surface area contributed by atoms with E-state index < -0.39 is 0 Å². The number of benzene rings is 1. The van der Waals surface area contributed by atoms with E-state index in [1.807, 2.05) is 49.5 Å². The van der Waals surface area contributed by atoms with Gasteiger partial charge in [0.05, 0.1) is 0 Å². The van der Waals surface area contributed by atoms with E-state index in [4.69, 9.17) is 0 Å². The summed E-state index contributed by atoms with van der Waals surface area (Å²) in [5.41, 5.74) is 2.74. The van der Waals surface area contributed by atoms with Crippen LogP contribution in [0.25, 0.3) is 0 Å². The van der Waals surface area contributed by atoms with E-state index >= 15 is 0 Å². The van der Waals surface area contributed by atoms with E-state index in [9.17, 15) is 4.79 Å². The Morgan fingerprint density at radius 2 is 2.08 bits per heavy atom. The number of carbonyl (C=O) groups is 1. The van der Waals surface area contributed by atoms with Gasteiger partial charge in [0, 0.05) is 38.6 Å². The third kappa shape index (κ3) is 3.94. The molecule has 4 heteroatoms. The Morgan fingerprint density at radius 3 is 2.83 bits per heavy atom. The summed E-state index contributed by atoms with van der Waals surface area (Å²) >= 11 is 0. The Morgan fingerprint density at radius 1 is 1.29 bits per heavy atom. The van der Waals surface area contributed by atoms with Crippen molar-refractivity contribution >= 4 is 11.6 Å². The van der Waals surface area contributed by atoms with E-state index in [2.05, 4.69) is 16.8 Å². The first kappa shape index (κ1) is 16.5. The molecule has 1 atom stereocenters. The predicted molar refractivity (Wildman–Crippen MR) is 97.1 cm³/mol. The van der Waals surface area contributed by atoms with Crippen LogP contribution in [-0.4, -0.2) is 35.9 Å². The Kier molecular flexibility index (Phi) is 5.14. The largest absolute Gasteiger partial charge is 0.371 e. The van der Waals surface area contributed by atoms with Crippen LogP contribution in [0.15, 0.2) is 48.7 Å². The molecule has 2 heterocycles. The first-order chi connectivity index (χ1) is 11.6. The predicted octanol–water partition coefficient (Wildman–Crippen LogP) is 3.59. The summed E-state index contributed by atoms with van der Waals surface area (Å²) in [5, 5.41) is 0. The maximum Gasteiger partial charge on any atom is 0.272 e. The lowest BCUT2D eigenvalue weighted by Gasteiger charge is -2.33. The van der Waals surface area contributed by atoms with Crippen LogP contribution >= 0.6 is 0 Å². The molecule has 2 aromatic rings. The van der Waals surface area contributed by atoms with Crippen molar-refractivity contribution in [1.82, 2.24) is 9.88 Å². The third-order valence-electron chi connectivity index (χ3n) is 4.59. The zero-order chi connectivity index (χ0) is 16.9. The van der Waals surface area contributed by atoms with Crippen molar-refractivity contribution in [3.05, 3.63) is 59.9 Å². The molecule has 0 bridgehead atoms. The van der Waals surface area contributed by atoms with Gasteiger partial charge in [-0.1, -0.05) is 37.3 Å². The monoisotopic (exact) mass is 323 g/mol. The molecule has 1 aromatic carbocycles. The average molecular weight is 323 g/mol. The minimum absolute atomic E-state index is 0.0363. The summed E-state index contributed by atoms with van der Waals surface area (Å²) in [6.07, 6.45) is 4.24. The molecule has 24 heavy (non-hydrogen) atoms. The van der Waals surface area contributed by atoms with Gasteiger partial charge in [-0.3, -0.25) is 9.78 Å². The summed E-state index contributed by atoms with van der Waals surface area (Å²) in [4.78, 5) is 21.1. The van der Waals surface area contributed by atoms with E-state index in [1.165, 1.54) is 12.8 Å². The molecular weight excluding hydrogens is 298 g/mol. The van der Waals surface area contributed by atoms with Crippen molar-refractivity contribution in [3.8, 4) is 0 Å². The maximum atomic E-state index is 12.7. The zero-order valence-electron chi connectivity index (χ0n) is 14.5. The van der Waals surface area contributed by atoms with Crippen LogP contribution < -0.4 is 4.90 Å². The van der Waals surface area contributed by atoms with Gasteiger partial charge in [0.25, 0.3) is 5.91 Å². The minimum atomic E-state index is -0.0363. The third-order valence-corrected chi connectivity index (χ3v) is 4.59. The molecule has 1 unspecified atom stereocenters. The van der Waals surface area contributed by atoms with Gasteiger partial charge in [-0.15, -0.1) is 0 Å². The van der Waals surface area contributed by atoms with Crippen LogP contribution in [0.1, 0.15) is 35.8 Å².